The maximum Gasteiger partial charge on any atom is 0.326 e. The van der Waals surface area contributed by atoms with Crippen molar-refractivity contribution >= 4 is 48.1 Å². The van der Waals surface area contributed by atoms with Crippen LogP contribution in [-0.4, -0.2) is 77.1 Å². The molecule has 14 nitrogen and oxygen atoms in total. The molecule has 4 atom stereocenters. The summed E-state index contributed by atoms with van der Waals surface area (Å²) in [6, 6.07) is -5.03. The van der Waals surface area contributed by atoms with E-state index < -0.39 is 66.1 Å². The summed E-state index contributed by atoms with van der Waals surface area (Å²) in [6.07, 6.45) is 0.295. The van der Waals surface area contributed by atoms with Gasteiger partial charge in [0.05, 0.1) is 12.5 Å². The quantitative estimate of drug-likeness (QED) is 0.0708. The Morgan fingerprint density at radius 2 is 1.33 bits per heavy atom. The minimum atomic E-state index is -1.58. The van der Waals surface area contributed by atoms with Crippen LogP contribution in [0.2, 0.25) is 0 Å². The van der Waals surface area contributed by atoms with Crippen LogP contribution >= 0.6 is 12.6 Å². The Labute approximate surface area is 196 Å². The molecule has 0 spiro atoms. The Morgan fingerprint density at radius 1 is 0.788 bits per heavy atom. The number of nitrogens with two attached hydrogens (primary N) is 4. The summed E-state index contributed by atoms with van der Waals surface area (Å²) in [5.74, 6) is -5.52. The van der Waals surface area contributed by atoms with E-state index in [2.05, 4.69) is 28.6 Å². The van der Waals surface area contributed by atoms with Crippen LogP contribution in [0.3, 0.4) is 0 Å². The van der Waals surface area contributed by atoms with Gasteiger partial charge < -0.3 is 44.0 Å². The van der Waals surface area contributed by atoms with Crippen molar-refractivity contribution in [2.24, 2.45) is 22.9 Å². The number of primary amides is 2. The number of hydrogen-bond acceptors (Lipinski definition) is 9. The van der Waals surface area contributed by atoms with Gasteiger partial charge in [-0.05, 0) is 32.2 Å². The van der Waals surface area contributed by atoms with Crippen LogP contribution in [0.1, 0.15) is 38.5 Å². The van der Waals surface area contributed by atoms with Crippen molar-refractivity contribution < 1.29 is 33.9 Å². The van der Waals surface area contributed by atoms with Gasteiger partial charge >= 0.3 is 5.97 Å². The molecule has 188 valence electrons. The van der Waals surface area contributed by atoms with Crippen molar-refractivity contribution in [2.45, 2.75) is 62.7 Å². The lowest BCUT2D eigenvalue weighted by atomic mass is 10.1. The summed E-state index contributed by atoms with van der Waals surface area (Å²) in [7, 11) is 0. The molecule has 0 aromatic carbocycles. The van der Waals surface area contributed by atoms with E-state index in [1.54, 1.807) is 0 Å². The van der Waals surface area contributed by atoms with Crippen molar-refractivity contribution in [2.75, 3.05) is 12.3 Å². The van der Waals surface area contributed by atoms with Crippen LogP contribution < -0.4 is 38.9 Å². The highest BCUT2D eigenvalue weighted by Crippen LogP contribution is 2.05. The molecule has 0 aliphatic heterocycles. The number of carboxylic acid groups (broad SMARTS) is 1. The van der Waals surface area contributed by atoms with E-state index in [0.29, 0.717) is 19.4 Å². The Morgan fingerprint density at radius 3 is 1.82 bits per heavy atom. The summed E-state index contributed by atoms with van der Waals surface area (Å²) < 4.78 is 0. The van der Waals surface area contributed by atoms with Crippen LogP contribution in [-0.2, 0) is 28.8 Å². The van der Waals surface area contributed by atoms with Gasteiger partial charge in [-0.3, -0.25) is 24.0 Å². The molecule has 0 rings (SSSR count). The van der Waals surface area contributed by atoms with Crippen molar-refractivity contribution in [3.63, 3.8) is 0 Å². The molecule has 0 aromatic heterocycles. The molecule has 33 heavy (non-hydrogen) atoms. The number of rotatable bonds is 17. The van der Waals surface area contributed by atoms with Crippen LogP contribution in [0.15, 0.2) is 0 Å². The fourth-order valence-corrected chi connectivity index (χ4v) is 2.87. The molecule has 0 heterocycles. The van der Waals surface area contributed by atoms with Gasteiger partial charge in [-0.1, -0.05) is 0 Å². The normalized spacial score (nSPS) is 14.3. The van der Waals surface area contributed by atoms with Gasteiger partial charge in [-0.15, -0.1) is 0 Å². The van der Waals surface area contributed by atoms with Crippen LogP contribution in [0.25, 0.3) is 0 Å². The number of hydrogen-bond donors (Lipinski definition) is 9. The van der Waals surface area contributed by atoms with E-state index in [0.717, 1.165) is 0 Å². The molecule has 15 heteroatoms. The summed E-state index contributed by atoms with van der Waals surface area (Å²) >= 11 is 4.03. The topological polar surface area (TPSA) is 263 Å². The van der Waals surface area contributed by atoms with Crippen molar-refractivity contribution in [3.8, 4) is 0 Å². The molecule has 4 unspecified atom stereocenters. The zero-order valence-corrected chi connectivity index (χ0v) is 19.0. The second-order valence-corrected chi connectivity index (χ2v) is 7.64. The average Bonchev–Trinajstić information content (AvgIpc) is 2.73. The van der Waals surface area contributed by atoms with E-state index in [4.69, 9.17) is 22.9 Å². The second kappa shape index (κ2) is 15.8. The minimum absolute atomic E-state index is 0.0252. The first-order valence-corrected chi connectivity index (χ1v) is 10.8. The van der Waals surface area contributed by atoms with E-state index in [1.165, 1.54) is 0 Å². The van der Waals surface area contributed by atoms with Gasteiger partial charge in [0.25, 0.3) is 0 Å². The van der Waals surface area contributed by atoms with Crippen LogP contribution in [0, 0.1) is 0 Å². The Kier molecular flexibility index (Phi) is 14.4. The number of thiol groups is 1. The number of amides is 5. The zero-order chi connectivity index (χ0) is 25.6. The number of aliphatic carboxylic acids is 1. The molecular weight excluding hydrogens is 458 g/mol. The molecule has 12 N–H and O–H groups in total. The predicted octanol–water partition coefficient (Wildman–Crippen LogP) is -3.95. The van der Waals surface area contributed by atoms with Crippen molar-refractivity contribution in [1.29, 1.82) is 0 Å². The van der Waals surface area contributed by atoms with Crippen LogP contribution in [0.4, 0.5) is 0 Å². The molecule has 0 aromatic rings. The van der Waals surface area contributed by atoms with Gasteiger partial charge in [0.15, 0.2) is 0 Å². The fraction of sp³-hybridized carbons (Fsp3) is 0.667. The van der Waals surface area contributed by atoms with Crippen LogP contribution in [0.5, 0.6) is 0 Å². The van der Waals surface area contributed by atoms with Gasteiger partial charge in [-0.25, -0.2) is 4.79 Å². The van der Waals surface area contributed by atoms with Crippen molar-refractivity contribution in [3.05, 3.63) is 0 Å². The summed E-state index contributed by atoms with van der Waals surface area (Å²) in [5, 5.41) is 16.2. The maximum atomic E-state index is 12.7. The lowest BCUT2D eigenvalue weighted by molar-refractivity contribution is -0.143. The van der Waals surface area contributed by atoms with E-state index >= 15 is 0 Å². The summed E-state index contributed by atoms with van der Waals surface area (Å²) in [5.41, 5.74) is 21.1. The average molecular weight is 492 g/mol. The molecule has 0 bridgehead atoms. The van der Waals surface area contributed by atoms with E-state index in [1.807, 2.05) is 0 Å². The third-order valence-corrected chi connectivity index (χ3v) is 4.82. The minimum Gasteiger partial charge on any atom is -0.480 e. The molecule has 0 aliphatic rings. The van der Waals surface area contributed by atoms with Crippen molar-refractivity contribution in [1.82, 2.24) is 16.0 Å². The highest BCUT2D eigenvalue weighted by molar-refractivity contribution is 7.80. The summed E-state index contributed by atoms with van der Waals surface area (Å²) in [4.78, 5) is 70.6. The smallest absolute Gasteiger partial charge is 0.326 e. The molecule has 0 fully saturated rings. The Bertz CT molecular complexity index is 722. The highest BCUT2D eigenvalue weighted by Gasteiger charge is 2.30. The largest absolute Gasteiger partial charge is 0.480 e. The molecule has 5 amide bonds. The molecule has 0 saturated heterocycles. The number of unbranched alkanes of at least 4 members (excludes halogenated alkanes) is 1. The lowest BCUT2D eigenvalue weighted by Crippen LogP contribution is -2.57. The SMILES string of the molecule is NCCCCC(NC(=O)C(CS)NC(=O)C(N)CCC(N)=O)C(=O)NC(CC(N)=O)C(=O)O. The van der Waals surface area contributed by atoms with Gasteiger partial charge in [0.1, 0.15) is 18.1 Å². The third kappa shape index (κ3) is 12.6. The molecule has 0 aliphatic carbocycles. The first-order chi connectivity index (χ1) is 15.4. The Balaban J connectivity index is 5.26. The fourth-order valence-electron chi connectivity index (χ4n) is 2.61. The monoisotopic (exact) mass is 491 g/mol. The highest BCUT2D eigenvalue weighted by atomic mass is 32.1. The molecule has 0 radical (unpaired) electrons. The Hall–Kier alpha value is -2.91. The number of carboxylic acids is 1. The zero-order valence-electron chi connectivity index (χ0n) is 18.1. The summed E-state index contributed by atoms with van der Waals surface area (Å²) in [6.45, 7) is 0.334. The van der Waals surface area contributed by atoms with Gasteiger partial charge in [0.2, 0.25) is 29.5 Å². The van der Waals surface area contributed by atoms with Gasteiger partial charge in [-0.2, -0.15) is 12.6 Å². The molecule has 0 saturated carbocycles. The lowest BCUT2D eigenvalue weighted by Gasteiger charge is -2.24. The predicted molar refractivity (Wildman–Crippen MR) is 120 cm³/mol. The first kappa shape index (κ1) is 30.1. The maximum absolute atomic E-state index is 12.7. The standard InChI is InChI=1S/C18H33N7O7S/c19-6-2-1-3-10(16(29)24-11(18(31)32)7-14(22)27)23-17(30)12(8-33)25-15(28)9(20)4-5-13(21)26/h9-12,33H,1-8,19-20H2,(H2,21,26)(H2,22,27)(H,23,30)(H,24,29)(H,25,28)(H,31,32). The van der Waals surface area contributed by atoms with E-state index in [9.17, 15) is 33.9 Å². The number of carbonyl (C=O) groups excluding carboxylic acids is 5. The molecular formula is C18H33N7O7S. The van der Waals surface area contributed by atoms with Gasteiger partial charge in [0, 0.05) is 12.2 Å². The number of carbonyl (C=O) groups is 6. The second-order valence-electron chi connectivity index (χ2n) is 7.27. The third-order valence-electron chi connectivity index (χ3n) is 4.45. The number of nitrogens with one attached hydrogen (secondary N) is 3. The first-order valence-electron chi connectivity index (χ1n) is 10.2. The van der Waals surface area contributed by atoms with E-state index in [-0.39, 0.29) is 25.0 Å².